The van der Waals surface area contributed by atoms with Gasteiger partial charge in [-0.05, 0) is 31.2 Å². The Labute approximate surface area is 152 Å². The van der Waals surface area contributed by atoms with E-state index in [9.17, 15) is 0 Å². The van der Waals surface area contributed by atoms with Gasteiger partial charge >= 0.3 is 0 Å². The first-order valence-electron chi connectivity index (χ1n) is 9.56. The highest BCUT2D eigenvalue weighted by Crippen LogP contribution is 2.28. The number of hydrogen-bond acceptors (Lipinski definition) is 3. The van der Waals surface area contributed by atoms with Crippen LogP contribution in [0.5, 0.6) is 0 Å². The van der Waals surface area contributed by atoms with Crippen LogP contribution in [0.4, 0.5) is 0 Å². The maximum absolute atomic E-state index is 5.69. The summed E-state index contributed by atoms with van der Waals surface area (Å²) < 4.78 is 5.69. The second-order valence-corrected chi connectivity index (χ2v) is 7.24. The number of rotatable bonds is 7. The molecule has 138 valence electrons. The highest BCUT2D eigenvalue weighted by Gasteiger charge is 2.21. The molecule has 0 unspecified atom stereocenters. The lowest BCUT2D eigenvalue weighted by Gasteiger charge is -2.36. The highest BCUT2D eigenvalue weighted by molar-refractivity contribution is 5.79. The lowest BCUT2D eigenvalue weighted by molar-refractivity contribution is 0.127. The van der Waals surface area contributed by atoms with Crippen LogP contribution >= 0.6 is 0 Å². The Morgan fingerprint density at radius 3 is 2.72 bits per heavy atom. The summed E-state index contributed by atoms with van der Waals surface area (Å²) in [6, 6.07) is 8.82. The van der Waals surface area contributed by atoms with Gasteiger partial charge in [0.25, 0.3) is 0 Å². The van der Waals surface area contributed by atoms with Crippen LogP contribution < -0.4 is 5.32 Å². The Morgan fingerprint density at radius 2 is 2.04 bits per heavy atom. The third kappa shape index (κ3) is 6.01. The fraction of sp³-hybridized carbons (Fsp3) is 0.650. The minimum atomic E-state index is 0.767. The molecule has 1 N–H and O–H groups in total. The third-order valence-corrected chi connectivity index (χ3v) is 4.95. The number of aryl methyl sites for hydroxylation is 1. The molecular weight excluding hydrogens is 312 g/mol. The van der Waals surface area contributed by atoms with E-state index in [1.165, 1.54) is 24.0 Å². The summed E-state index contributed by atoms with van der Waals surface area (Å²) in [5, 5.41) is 3.44. The van der Waals surface area contributed by atoms with Gasteiger partial charge in [0.1, 0.15) is 0 Å². The molecule has 0 spiro atoms. The van der Waals surface area contributed by atoms with Crippen molar-refractivity contribution >= 4 is 5.96 Å². The van der Waals surface area contributed by atoms with Crippen molar-refractivity contribution in [2.45, 2.75) is 26.3 Å². The van der Waals surface area contributed by atoms with E-state index in [-0.39, 0.29) is 0 Å². The summed E-state index contributed by atoms with van der Waals surface area (Å²) in [6.07, 6.45) is 2.70. The molecule has 0 radical (unpaired) electrons. The van der Waals surface area contributed by atoms with Gasteiger partial charge in [0.2, 0.25) is 0 Å². The lowest BCUT2D eigenvalue weighted by atomic mass is 10.1. The van der Waals surface area contributed by atoms with Crippen LogP contribution in [0.2, 0.25) is 0 Å². The first kappa shape index (κ1) is 18.2. The third-order valence-electron chi connectivity index (χ3n) is 4.95. The van der Waals surface area contributed by atoms with E-state index in [0.29, 0.717) is 0 Å². The van der Waals surface area contributed by atoms with E-state index >= 15 is 0 Å². The summed E-state index contributed by atoms with van der Waals surface area (Å²) in [5.41, 5.74) is 2.74. The molecule has 1 aromatic rings. The van der Waals surface area contributed by atoms with Gasteiger partial charge in [-0.2, -0.15) is 0 Å². The van der Waals surface area contributed by atoms with Gasteiger partial charge in [0, 0.05) is 52.9 Å². The van der Waals surface area contributed by atoms with Crippen LogP contribution in [0.3, 0.4) is 0 Å². The van der Waals surface area contributed by atoms with Gasteiger partial charge in [-0.1, -0.05) is 29.8 Å². The SMILES string of the molecule is CN=C(NCCOCC1CC1)N1CCN(Cc2cccc(C)c2)CC1. The molecule has 1 saturated heterocycles. The average molecular weight is 345 g/mol. The number of nitrogens with zero attached hydrogens (tertiary/aromatic N) is 3. The largest absolute Gasteiger partial charge is 0.379 e. The first-order chi connectivity index (χ1) is 12.2. The molecule has 5 heteroatoms. The minimum Gasteiger partial charge on any atom is -0.379 e. The number of ether oxygens (including phenoxy) is 1. The van der Waals surface area contributed by atoms with Gasteiger partial charge in [0.05, 0.1) is 6.61 Å². The second kappa shape index (κ2) is 9.20. The van der Waals surface area contributed by atoms with Gasteiger partial charge in [-0.15, -0.1) is 0 Å². The van der Waals surface area contributed by atoms with E-state index in [0.717, 1.165) is 64.4 Å². The Kier molecular flexibility index (Phi) is 6.70. The van der Waals surface area contributed by atoms with Crippen molar-refractivity contribution in [2.24, 2.45) is 10.9 Å². The molecule has 2 fully saturated rings. The van der Waals surface area contributed by atoms with Crippen molar-refractivity contribution in [3.05, 3.63) is 35.4 Å². The topological polar surface area (TPSA) is 40.1 Å². The summed E-state index contributed by atoms with van der Waals surface area (Å²) >= 11 is 0. The number of nitrogens with one attached hydrogen (secondary N) is 1. The summed E-state index contributed by atoms with van der Waals surface area (Å²) in [7, 11) is 1.87. The molecule has 1 saturated carbocycles. The fourth-order valence-corrected chi connectivity index (χ4v) is 3.29. The molecule has 2 aliphatic rings. The number of aliphatic imine (C=N–C) groups is 1. The molecule has 25 heavy (non-hydrogen) atoms. The normalized spacial score (nSPS) is 19.3. The Balaban J connectivity index is 1.36. The Hall–Kier alpha value is -1.59. The van der Waals surface area contributed by atoms with Crippen molar-refractivity contribution in [2.75, 3.05) is 53.0 Å². The van der Waals surface area contributed by atoms with E-state index < -0.39 is 0 Å². The molecule has 0 aromatic heterocycles. The first-order valence-corrected chi connectivity index (χ1v) is 9.56. The predicted octanol–water partition coefficient (Wildman–Crippen LogP) is 2.11. The molecular formula is C20H32N4O. The number of guanidine groups is 1. The molecule has 0 amide bonds. The van der Waals surface area contributed by atoms with Crippen LogP contribution in [0.15, 0.2) is 29.3 Å². The monoisotopic (exact) mass is 344 g/mol. The maximum atomic E-state index is 5.69. The molecule has 5 nitrogen and oxygen atoms in total. The standard InChI is InChI=1S/C20H32N4O/c1-17-4-3-5-19(14-17)15-23-9-11-24(12-10-23)20(21-2)22-8-13-25-16-18-6-7-18/h3-5,14,18H,6-13,15-16H2,1-2H3,(H,21,22). The van der Waals surface area contributed by atoms with Crippen LogP contribution in [0.25, 0.3) is 0 Å². The van der Waals surface area contributed by atoms with Gasteiger partial charge in [0.15, 0.2) is 5.96 Å². The van der Waals surface area contributed by atoms with Crippen molar-refractivity contribution < 1.29 is 4.74 Å². The summed E-state index contributed by atoms with van der Waals surface area (Å²) in [4.78, 5) is 9.31. The summed E-state index contributed by atoms with van der Waals surface area (Å²) in [6.45, 7) is 9.92. The number of hydrogen-bond donors (Lipinski definition) is 1. The summed E-state index contributed by atoms with van der Waals surface area (Å²) in [5.74, 6) is 1.84. The smallest absolute Gasteiger partial charge is 0.193 e. The molecule has 0 atom stereocenters. The zero-order chi connectivity index (χ0) is 17.5. The average Bonchev–Trinajstić information content (AvgIpc) is 3.43. The van der Waals surface area contributed by atoms with Crippen molar-refractivity contribution in [1.82, 2.24) is 15.1 Å². The van der Waals surface area contributed by atoms with Crippen LogP contribution in [-0.4, -0.2) is 68.7 Å². The molecule has 0 bridgehead atoms. The number of benzene rings is 1. The molecule has 1 heterocycles. The molecule has 1 aromatic carbocycles. The van der Waals surface area contributed by atoms with E-state index in [2.05, 4.69) is 51.3 Å². The lowest BCUT2D eigenvalue weighted by Crippen LogP contribution is -2.52. The van der Waals surface area contributed by atoms with Crippen LogP contribution in [0.1, 0.15) is 24.0 Å². The van der Waals surface area contributed by atoms with Crippen LogP contribution in [-0.2, 0) is 11.3 Å². The quantitative estimate of drug-likeness (QED) is 0.467. The molecule has 3 rings (SSSR count). The van der Waals surface area contributed by atoms with Crippen molar-refractivity contribution in [1.29, 1.82) is 0 Å². The predicted molar refractivity (Wildman–Crippen MR) is 103 cm³/mol. The van der Waals surface area contributed by atoms with Crippen molar-refractivity contribution in [3.8, 4) is 0 Å². The fourth-order valence-electron chi connectivity index (χ4n) is 3.29. The maximum Gasteiger partial charge on any atom is 0.193 e. The zero-order valence-electron chi connectivity index (χ0n) is 15.7. The van der Waals surface area contributed by atoms with E-state index in [4.69, 9.17) is 4.74 Å². The van der Waals surface area contributed by atoms with Gasteiger partial charge in [-0.3, -0.25) is 9.89 Å². The Bertz CT molecular complexity index is 563. The van der Waals surface area contributed by atoms with Gasteiger partial charge in [-0.25, -0.2) is 0 Å². The minimum absolute atomic E-state index is 0.767. The molecule has 1 aliphatic heterocycles. The van der Waals surface area contributed by atoms with Crippen molar-refractivity contribution in [3.63, 3.8) is 0 Å². The highest BCUT2D eigenvalue weighted by atomic mass is 16.5. The van der Waals surface area contributed by atoms with E-state index in [1.54, 1.807) is 0 Å². The van der Waals surface area contributed by atoms with E-state index in [1.807, 2.05) is 7.05 Å². The second-order valence-electron chi connectivity index (χ2n) is 7.24. The Morgan fingerprint density at radius 1 is 1.24 bits per heavy atom. The van der Waals surface area contributed by atoms with Crippen LogP contribution in [0, 0.1) is 12.8 Å². The number of piperazine rings is 1. The molecule has 1 aliphatic carbocycles. The zero-order valence-corrected chi connectivity index (χ0v) is 15.7. The van der Waals surface area contributed by atoms with Gasteiger partial charge < -0.3 is 15.0 Å².